The van der Waals surface area contributed by atoms with Gasteiger partial charge in [0.05, 0.1) is 5.92 Å². The number of methoxy groups -OCH3 is 1. The predicted molar refractivity (Wildman–Crippen MR) is 90.6 cm³/mol. The second-order valence-electron chi connectivity index (χ2n) is 9.52. The highest BCUT2D eigenvalue weighted by molar-refractivity contribution is 6.74. The molecule has 5 nitrogen and oxygen atoms in total. The van der Waals surface area contributed by atoms with Crippen molar-refractivity contribution in [2.75, 3.05) is 7.11 Å². The van der Waals surface area contributed by atoms with Crippen molar-refractivity contribution in [3.63, 3.8) is 0 Å². The van der Waals surface area contributed by atoms with Gasteiger partial charge in [0, 0.05) is 37.4 Å². The van der Waals surface area contributed by atoms with Gasteiger partial charge in [0.15, 0.2) is 14.6 Å². The fraction of sp³-hybridized carbons (Fsp3) is 0.944. The van der Waals surface area contributed by atoms with Gasteiger partial charge in [-0.2, -0.15) is 0 Å². The smallest absolute Gasteiger partial charge is 0.312 e. The zero-order chi connectivity index (χ0) is 17.5. The molecule has 7 atom stereocenters. The minimum absolute atomic E-state index is 0.0361. The van der Waals surface area contributed by atoms with Crippen LogP contribution in [-0.2, 0) is 23.4 Å². The molecule has 1 unspecified atom stereocenters. The van der Waals surface area contributed by atoms with Gasteiger partial charge in [-0.3, -0.25) is 4.79 Å². The lowest BCUT2D eigenvalue weighted by atomic mass is 9.69. The third-order valence-corrected chi connectivity index (χ3v) is 11.8. The third kappa shape index (κ3) is 2.12. The standard InChI is InChI=1S/C18H30O5Si/c1-17(2,3)24(5,6)23-12-7-8-18-14-11(15(19)21-18)9-10(13(12)14)16(20-4)22-18/h10-14,16H,7-9H2,1-6H3/t10-,11+,12+,13+,14+,16?,18-/m0/s1. The van der Waals surface area contributed by atoms with E-state index in [0.717, 1.165) is 19.3 Å². The first-order chi connectivity index (χ1) is 11.1. The van der Waals surface area contributed by atoms with Gasteiger partial charge >= 0.3 is 5.97 Å². The molecule has 0 spiro atoms. The van der Waals surface area contributed by atoms with Crippen LogP contribution < -0.4 is 0 Å². The summed E-state index contributed by atoms with van der Waals surface area (Å²) in [6.07, 6.45) is 2.35. The normalized spacial score (nSPS) is 47.0. The van der Waals surface area contributed by atoms with Crippen LogP contribution in [0.4, 0.5) is 0 Å². The summed E-state index contributed by atoms with van der Waals surface area (Å²) in [4.78, 5) is 12.4. The van der Waals surface area contributed by atoms with Crippen molar-refractivity contribution in [2.45, 2.75) is 76.3 Å². The molecule has 4 aliphatic rings. The van der Waals surface area contributed by atoms with E-state index in [-0.39, 0.29) is 41.2 Å². The molecule has 4 bridgehead atoms. The largest absolute Gasteiger partial charge is 0.432 e. The number of esters is 1. The zero-order valence-corrected chi connectivity index (χ0v) is 16.6. The molecule has 2 saturated heterocycles. The van der Waals surface area contributed by atoms with E-state index < -0.39 is 14.1 Å². The number of carbonyl (C=O) groups is 1. The van der Waals surface area contributed by atoms with E-state index in [9.17, 15) is 4.79 Å². The van der Waals surface area contributed by atoms with Gasteiger partial charge in [-0.25, -0.2) is 0 Å². The van der Waals surface area contributed by atoms with Crippen molar-refractivity contribution in [1.82, 2.24) is 0 Å². The van der Waals surface area contributed by atoms with Crippen molar-refractivity contribution in [3.05, 3.63) is 0 Å². The molecule has 0 N–H and O–H groups in total. The quantitative estimate of drug-likeness (QED) is 0.575. The first kappa shape index (κ1) is 17.0. The van der Waals surface area contributed by atoms with Crippen molar-refractivity contribution in [2.24, 2.45) is 23.7 Å². The van der Waals surface area contributed by atoms with Gasteiger partial charge in [-0.15, -0.1) is 0 Å². The Labute approximate surface area is 145 Å². The van der Waals surface area contributed by atoms with Gasteiger partial charge in [-0.05, 0) is 31.0 Å². The molecule has 24 heavy (non-hydrogen) atoms. The second-order valence-corrected chi connectivity index (χ2v) is 14.3. The fourth-order valence-electron chi connectivity index (χ4n) is 5.20. The maximum atomic E-state index is 12.4. The van der Waals surface area contributed by atoms with Crippen molar-refractivity contribution in [1.29, 1.82) is 0 Å². The molecule has 4 rings (SSSR count). The SMILES string of the molecule is COC1O[C@@]23CC[C@@H](O[Si](C)(C)C(C)(C)C)[C@@H]4[C@H]2[C@@H](C[C@H]14)C(=O)O3. The Morgan fingerprint density at radius 3 is 2.62 bits per heavy atom. The van der Waals surface area contributed by atoms with Gasteiger partial charge in [0.1, 0.15) is 0 Å². The Morgan fingerprint density at radius 2 is 2.00 bits per heavy atom. The lowest BCUT2D eigenvalue weighted by Crippen LogP contribution is -2.61. The molecule has 2 saturated carbocycles. The van der Waals surface area contributed by atoms with Gasteiger partial charge < -0.3 is 18.6 Å². The molecule has 0 amide bonds. The lowest BCUT2D eigenvalue weighted by Gasteiger charge is -2.53. The highest BCUT2D eigenvalue weighted by Gasteiger charge is 2.73. The summed E-state index contributed by atoms with van der Waals surface area (Å²) in [5.74, 6) is -0.178. The van der Waals surface area contributed by atoms with Crippen LogP contribution >= 0.6 is 0 Å². The van der Waals surface area contributed by atoms with Crippen LogP contribution in [0.2, 0.25) is 18.1 Å². The Balaban J connectivity index is 1.67. The first-order valence-electron chi connectivity index (χ1n) is 9.21. The number of hydrogen-bond donors (Lipinski definition) is 0. The summed E-state index contributed by atoms with van der Waals surface area (Å²) in [6, 6.07) is 0. The van der Waals surface area contributed by atoms with Gasteiger partial charge in [0.2, 0.25) is 5.79 Å². The van der Waals surface area contributed by atoms with Crippen molar-refractivity contribution in [3.8, 4) is 0 Å². The second kappa shape index (κ2) is 5.06. The molecule has 136 valence electrons. The van der Waals surface area contributed by atoms with Crippen LogP contribution in [0, 0.1) is 23.7 Å². The van der Waals surface area contributed by atoms with E-state index in [4.69, 9.17) is 18.6 Å². The van der Waals surface area contributed by atoms with Crippen LogP contribution in [-0.4, -0.2) is 39.6 Å². The predicted octanol–water partition coefficient (Wildman–Crippen LogP) is 3.29. The van der Waals surface area contributed by atoms with E-state index >= 15 is 0 Å². The molecule has 2 aliphatic carbocycles. The monoisotopic (exact) mass is 354 g/mol. The summed E-state index contributed by atoms with van der Waals surface area (Å²) < 4.78 is 24.4. The molecule has 0 radical (unpaired) electrons. The highest BCUT2D eigenvalue weighted by atomic mass is 28.4. The molecule has 6 heteroatoms. The number of hydrogen-bond acceptors (Lipinski definition) is 5. The average Bonchev–Trinajstić information content (AvgIpc) is 2.94. The van der Waals surface area contributed by atoms with Crippen molar-refractivity contribution < 1.29 is 23.4 Å². The van der Waals surface area contributed by atoms with Gasteiger partial charge in [-0.1, -0.05) is 20.8 Å². The molecular weight excluding hydrogens is 324 g/mol. The van der Waals surface area contributed by atoms with Gasteiger partial charge in [0.25, 0.3) is 0 Å². The fourth-order valence-corrected chi connectivity index (χ4v) is 6.59. The Hall–Kier alpha value is -0.433. The molecule has 0 aromatic heterocycles. The first-order valence-corrected chi connectivity index (χ1v) is 12.1. The van der Waals surface area contributed by atoms with Crippen molar-refractivity contribution >= 4 is 14.3 Å². The minimum Gasteiger partial charge on any atom is -0.432 e. The summed E-state index contributed by atoms with van der Waals surface area (Å²) in [5, 5.41) is 0.179. The summed E-state index contributed by atoms with van der Waals surface area (Å²) in [6.45, 7) is 11.4. The molecular formula is C18H30O5Si. The summed E-state index contributed by atoms with van der Waals surface area (Å²) in [7, 11) is -0.173. The Kier molecular flexibility index (Phi) is 3.58. The van der Waals surface area contributed by atoms with E-state index in [1.54, 1.807) is 7.11 Å². The molecule has 2 heterocycles. The third-order valence-electron chi connectivity index (χ3n) is 7.31. The average molecular weight is 355 g/mol. The number of rotatable bonds is 3. The van der Waals surface area contributed by atoms with E-state index in [2.05, 4.69) is 33.9 Å². The van der Waals surface area contributed by atoms with Crippen LogP contribution in [0.3, 0.4) is 0 Å². The zero-order valence-electron chi connectivity index (χ0n) is 15.6. The molecule has 0 aromatic rings. The molecule has 0 aromatic carbocycles. The summed E-state index contributed by atoms with van der Waals surface area (Å²) >= 11 is 0. The Morgan fingerprint density at radius 1 is 1.29 bits per heavy atom. The number of ether oxygens (including phenoxy) is 3. The maximum absolute atomic E-state index is 12.4. The van der Waals surface area contributed by atoms with Crippen LogP contribution in [0.25, 0.3) is 0 Å². The Bertz CT molecular complexity index is 556. The van der Waals surface area contributed by atoms with E-state index in [1.165, 1.54) is 0 Å². The lowest BCUT2D eigenvalue weighted by molar-refractivity contribution is -0.359. The maximum Gasteiger partial charge on any atom is 0.312 e. The van der Waals surface area contributed by atoms with Crippen LogP contribution in [0.1, 0.15) is 40.0 Å². The topological polar surface area (TPSA) is 54.0 Å². The van der Waals surface area contributed by atoms with E-state index in [1.807, 2.05) is 0 Å². The van der Waals surface area contributed by atoms with Crippen LogP contribution in [0.5, 0.6) is 0 Å². The molecule has 2 aliphatic heterocycles. The number of carbonyl (C=O) groups excluding carboxylic acids is 1. The summed E-state index contributed by atoms with van der Waals surface area (Å²) in [5.41, 5.74) is 0. The molecule has 4 fully saturated rings. The highest BCUT2D eigenvalue weighted by Crippen LogP contribution is 2.65. The van der Waals surface area contributed by atoms with E-state index in [0.29, 0.717) is 5.92 Å². The van der Waals surface area contributed by atoms with Crippen LogP contribution in [0.15, 0.2) is 0 Å². The minimum atomic E-state index is -1.86.